The van der Waals surface area contributed by atoms with Crippen molar-refractivity contribution in [1.29, 1.82) is 0 Å². The van der Waals surface area contributed by atoms with E-state index in [1.54, 1.807) is 34.1 Å². The summed E-state index contributed by atoms with van der Waals surface area (Å²) in [6.07, 6.45) is 3.37. The van der Waals surface area contributed by atoms with Crippen molar-refractivity contribution in [2.45, 2.75) is 12.8 Å². The van der Waals surface area contributed by atoms with Crippen LogP contribution in [0.15, 0.2) is 24.3 Å². The van der Waals surface area contributed by atoms with E-state index in [1.807, 2.05) is 0 Å². The van der Waals surface area contributed by atoms with E-state index in [1.165, 1.54) is 6.08 Å². The van der Waals surface area contributed by atoms with E-state index in [9.17, 15) is 19.2 Å². The molecule has 0 aliphatic carbocycles. The Hall–Kier alpha value is -2.38. The van der Waals surface area contributed by atoms with Crippen molar-refractivity contribution in [1.82, 2.24) is 14.7 Å². The lowest BCUT2D eigenvalue weighted by Gasteiger charge is -2.34. The number of halogens is 2. The molecule has 1 aromatic carbocycles. The fourth-order valence-corrected chi connectivity index (χ4v) is 3.50. The Morgan fingerprint density at radius 1 is 0.964 bits per heavy atom. The van der Waals surface area contributed by atoms with Gasteiger partial charge in [-0.3, -0.25) is 24.1 Å². The maximum Gasteiger partial charge on any atom is 0.246 e. The normalized spacial score (nSPS) is 17.7. The number of nitrogens with zero attached hydrogens (tertiary/aromatic N) is 3. The lowest BCUT2D eigenvalue weighted by molar-refractivity contribution is -0.146. The second-order valence-corrected chi connectivity index (χ2v) is 7.34. The van der Waals surface area contributed by atoms with Gasteiger partial charge in [-0.25, -0.2) is 0 Å². The van der Waals surface area contributed by atoms with Crippen molar-refractivity contribution in [3.05, 3.63) is 39.9 Å². The number of benzene rings is 1. The summed E-state index contributed by atoms with van der Waals surface area (Å²) in [7, 11) is 0. The molecule has 2 saturated heterocycles. The van der Waals surface area contributed by atoms with Crippen molar-refractivity contribution in [2.24, 2.45) is 0 Å². The molecule has 0 saturated carbocycles. The summed E-state index contributed by atoms with van der Waals surface area (Å²) in [4.78, 5) is 52.2. The number of rotatable bonds is 4. The van der Waals surface area contributed by atoms with Crippen LogP contribution in [-0.2, 0) is 19.2 Å². The predicted octanol–water partition coefficient (Wildman–Crippen LogP) is 1.83. The van der Waals surface area contributed by atoms with Gasteiger partial charge in [-0.15, -0.1) is 0 Å². The van der Waals surface area contributed by atoms with Crippen molar-refractivity contribution >= 4 is 52.9 Å². The van der Waals surface area contributed by atoms with E-state index < -0.39 is 0 Å². The Kier molecular flexibility index (Phi) is 6.36. The summed E-state index contributed by atoms with van der Waals surface area (Å²) >= 11 is 12.1. The SMILES string of the molecule is O=C(/C=C/c1cccc(Cl)c1Cl)N1CCN(C(=O)CN2C(=O)CCC2=O)CC1. The molecule has 2 heterocycles. The van der Waals surface area contributed by atoms with Crippen molar-refractivity contribution in [3.63, 3.8) is 0 Å². The largest absolute Gasteiger partial charge is 0.338 e. The zero-order chi connectivity index (χ0) is 20.3. The van der Waals surface area contributed by atoms with Crippen molar-refractivity contribution in [3.8, 4) is 0 Å². The molecular weight excluding hydrogens is 405 g/mol. The van der Waals surface area contributed by atoms with Crippen LogP contribution in [0, 0.1) is 0 Å². The van der Waals surface area contributed by atoms with Gasteiger partial charge in [0.25, 0.3) is 0 Å². The summed E-state index contributed by atoms with van der Waals surface area (Å²) in [5.74, 6) is -1.08. The molecule has 1 aromatic rings. The van der Waals surface area contributed by atoms with Crippen molar-refractivity contribution < 1.29 is 19.2 Å². The van der Waals surface area contributed by atoms with Gasteiger partial charge in [0.05, 0.1) is 10.0 Å². The number of piperazine rings is 1. The highest BCUT2D eigenvalue weighted by Gasteiger charge is 2.32. The highest BCUT2D eigenvalue weighted by atomic mass is 35.5. The fraction of sp³-hybridized carbons (Fsp3) is 0.368. The molecule has 4 amide bonds. The first-order valence-corrected chi connectivity index (χ1v) is 9.64. The monoisotopic (exact) mass is 423 g/mol. The first-order valence-electron chi connectivity index (χ1n) is 8.89. The zero-order valence-corrected chi connectivity index (χ0v) is 16.6. The minimum Gasteiger partial charge on any atom is -0.338 e. The molecule has 7 nitrogen and oxygen atoms in total. The fourth-order valence-electron chi connectivity index (χ4n) is 3.13. The molecule has 3 rings (SSSR count). The third-order valence-corrected chi connectivity index (χ3v) is 5.61. The third kappa shape index (κ3) is 4.54. The summed E-state index contributed by atoms with van der Waals surface area (Å²) in [5.41, 5.74) is 0.649. The van der Waals surface area contributed by atoms with Crippen LogP contribution in [0.1, 0.15) is 18.4 Å². The minimum atomic E-state index is -0.308. The van der Waals surface area contributed by atoms with E-state index in [2.05, 4.69) is 0 Å². The Morgan fingerprint density at radius 2 is 1.57 bits per heavy atom. The maximum atomic E-state index is 12.4. The summed E-state index contributed by atoms with van der Waals surface area (Å²) in [6, 6.07) is 5.18. The molecule has 2 aliphatic rings. The van der Waals surface area contributed by atoms with Crippen LogP contribution in [0.3, 0.4) is 0 Å². The van der Waals surface area contributed by atoms with Crippen LogP contribution in [0.2, 0.25) is 10.0 Å². The Bertz CT molecular complexity index is 832. The highest BCUT2D eigenvalue weighted by molar-refractivity contribution is 6.42. The predicted molar refractivity (Wildman–Crippen MR) is 105 cm³/mol. The Balaban J connectivity index is 1.52. The van der Waals surface area contributed by atoms with Gasteiger partial charge in [-0.05, 0) is 17.7 Å². The van der Waals surface area contributed by atoms with Gasteiger partial charge in [0, 0.05) is 45.1 Å². The quantitative estimate of drug-likeness (QED) is 0.546. The lowest BCUT2D eigenvalue weighted by Crippen LogP contribution is -2.52. The van der Waals surface area contributed by atoms with Crippen LogP contribution in [0.5, 0.6) is 0 Å². The number of imide groups is 1. The second kappa shape index (κ2) is 8.75. The molecule has 0 atom stereocenters. The minimum absolute atomic E-state index is 0.164. The highest BCUT2D eigenvalue weighted by Crippen LogP contribution is 2.26. The summed E-state index contributed by atoms with van der Waals surface area (Å²) in [6.45, 7) is 1.23. The van der Waals surface area contributed by atoms with Gasteiger partial charge < -0.3 is 9.80 Å². The van der Waals surface area contributed by atoms with Crippen LogP contribution in [0.25, 0.3) is 6.08 Å². The number of hydrogen-bond donors (Lipinski definition) is 0. The zero-order valence-electron chi connectivity index (χ0n) is 15.1. The van der Waals surface area contributed by atoms with E-state index in [4.69, 9.17) is 23.2 Å². The molecule has 0 aromatic heterocycles. The van der Waals surface area contributed by atoms with Gasteiger partial charge in [0.2, 0.25) is 23.6 Å². The van der Waals surface area contributed by atoms with Crippen molar-refractivity contribution in [2.75, 3.05) is 32.7 Å². The molecule has 2 fully saturated rings. The summed E-state index contributed by atoms with van der Waals surface area (Å²) in [5, 5.41) is 0.799. The molecule has 0 unspecified atom stereocenters. The lowest BCUT2D eigenvalue weighted by atomic mass is 10.2. The first kappa shape index (κ1) is 20.4. The number of carbonyl (C=O) groups excluding carboxylic acids is 4. The molecular formula is C19H19Cl2N3O4. The molecule has 2 aliphatic heterocycles. The van der Waals surface area contributed by atoms with Crippen LogP contribution >= 0.6 is 23.2 Å². The molecule has 0 bridgehead atoms. The molecule has 148 valence electrons. The van der Waals surface area contributed by atoms with Gasteiger partial charge in [-0.1, -0.05) is 35.3 Å². The maximum absolute atomic E-state index is 12.4. The average molecular weight is 424 g/mol. The van der Waals surface area contributed by atoms with E-state index in [0.29, 0.717) is 41.8 Å². The van der Waals surface area contributed by atoms with Gasteiger partial charge in [0.15, 0.2) is 0 Å². The van der Waals surface area contributed by atoms with E-state index >= 15 is 0 Å². The Morgan fingerprint density at radius 3 is 2.21 bits per heavy atom. The standard InChI is InChI=1S/C19H19Cl2N3O4/c20-14-3-1-2-13(19(14)21)4-5-15(25)22-8-10-23(11-9-22)18(28)12-24-16(26)6-7-17(24)27/h1-5H,6-12H2/b5-4+. The van der Waals surface area contributed by atoms with Gasteiger partial charge in [-0.2, -0.15) is 0 Å². The van der Waals surface area contributed by atoms with Crippen LogP contribution < -0.4 is 0 Å². The van der Waals surface area contributed by atoms with E-state index in [0.717, 1.165) is 4.90 Å². The number of hydrogen-bond acceptors (Lipinski definition) is 4. The number of amides is 4. The Labute approximate surface area is 172 Å². The number of likely N-dealkylation sites (tertiary alicyclic amines) is 1. The third-order valence-electron chi connectivity index (χ3n) is 4.78. The topological polar surface area (TPSA) is 78.0 Å². The van der Waals surface area contributed by atoms with Gasteiger partial charge in [0.1, 0.15) is 6.54 Å². The average Bonchev–Trinajstić information content (AvgIpc) is 3.01. The van der Waals surface area contributed by atoms with Crippen LogP contribution in [0.4, 0.5) is 0 Å². The summed E-state index contributed by atoms with van der Waals surface area (Å²) < 4.78 is 0. The molecule has 0 N–H and O–H groups in total. The second-order valence-electron chi connectivity index (χ2n) is 6.56. The smallest absolute Gasteiger partial charge is 0.246 e. The van der Waals surface area contributed by atoms with E-state index in [-0.39, 0.29) is 43.0 Å². The number of carbonyl (C=O) groups is 4. The van der Waals surface area contributed by atoms with Gasteiger partial charge >= 0.3 is 0 Å². The molecule has 9 heteroatoms. The van der Waals surface area contributed by atoms with Crippen LogP contribution in [-0.4, -0.2) is 71.1 Å². The molecule has 0 spiro atoms. The molecule has 0 radical (unpaired) electrons. The molecule has 28 heavy (non-hydrogen) atoms. The first-order chi connectivity index (χ1) is 13.4.